The zero-order valence-electron chi connectivity index (χ0n) is 20.1. The van der Waals surface area contributed by atoms with Crippen molar-refractivity contribution in [2.24, 2.45) is 0 Å². The molecule has 1 aliphatic rings. The number of sulfonamides is 1. The Balaban J connectivity index is 1.58. The van der Waals surface area contributed by atoms with Gasteiger partial charge in [0, 0.05) is 19.5 Å². The highest BCUT2D eigenvalue weighted by atomic mass is 32.2. The van der Waals surface area contributed by atoms with E-state index in [2.05, 4.69) is 5.32 Å². The van der Waals surface area contributed by atoms with Crippen LogP contribution in [0.2, 0.25) is 0 Å². The van der Waals surface area contributed by atoms with Gasteiger partial charge in [-0.1, -0.05) is 18.6 Å². The van der Waals surface area contributed by atoms with E-state index in [0.29, 0.717) is 48.9 Å². The molecule has 1 atom stereocenters. The first-order valence-electron chi connectivity index (χ1n) is 11.6. The van der Waals surface area contributed by atoms with Gasteiger partial charge in [-0.25, -0.2) is 8.42 Å². The molecule has 2 aromatic rings. The van der Waals surface area contributed by atoms with E-state index in [9.17, 15) is 13.2 Å². The van der Waals surface area contributed by atoms with E-state index in [1.165, 1.54) is 11.4 Å². The number of ether oxygens (including phenoxy) is 3. The molecule has 0 unspecified atom stereocenters. The molecule has 9 heteroatoms. The fourth-order valence-electron chi connectivity index (χ4n) is 3.95. The predicted molar refractivity (Wildman–Crippen MR) is 130 cm³/mol. The molecule has 0 aromatic heterocycles. The molecule has 0 saturated carbocycles. The molecule has 0 radical (unpaired) electrons. The van der Waals surface area contributed by atoms with Gasteiger partial charge in [-0.3, -0.25) is 4.79 Å². The third kappa shape index (κ3) is 6.64. The second kappa shape index (κ2) is 12.1. The Bertz CT molecular complexity index is 1070. The highest BCUT2D eigenvalue weighted by molar-refractivity contribution is 7.89. The number of aryl methyl sites for hydroxylation is 1. The lowest BCUT2D eigenvalue weighted by atomic mass is 10.1. The molecule has 2 aromatic carbocycles. The molecule has 1 fully saturated rings. The first-order chi connectivity index (χ1) is 16.3. The quantitative estimate of drug-likeness (QED) is 0.519. The molecule has 1 N–H and O–H groups in total. The maximum atomic E-state index is 13.0. The second-order valence-corrected chi connectivity index (χ2v) is 10.3. The number of amides is 1. The number of methoxy groups -OCH3 is 2. The fourth-order valence-corrected chi connectivity index (χ4v) is 5.52. The van der Waals surface area contributed by atoms with Gasteiger partial charge in [-0.2, -0.15) is 4.31 Å². The van der Waals surface area contributed by atoms with Crippen molar-refractivity contribution in [3.63, 3.8) is 0 Å². The van der Waals surface area contributed by atoms with Gasteiger partial charge in [0.25, 0.3) is 0 Å². The molecular weight excluding hydrogens is 456 g/mol. The van der Waals surface area contributed by atoms with Crippen LogP contribution in [0.4, 0.5) is 0 Å². The third-order valence-corrected chi connectivity index (χ3v) is 7.69. The summed E-state index contributed by atoms with van der Waals surface area (Å²) in [6.45, 7) is 3.24. The monoisotopic (exact) mass is 490 g/mol. The van der Waals surface area contributed by atoms with Crippen LogP contribution < -0.4 is 19.5 Å². The minimum atomic E-state index is -3.56. The molecule has 1 amide bonds. The largest absolute Gasteiger partial charge is 0.496 e. The molecule has 0 bridgehead atoms. The molecule has 0 spiro atoms. The van der Waals surface area contributed by atoms with E-state index in [1.54, 1.807) is 25.3 Å². The van der Waals surface area contributed by atoms with Crippen LogP contribution in [0.15, 0.2) is 47.4 Å². The summed E-state index contributed by atoms with van der Waals surface area (Å²) in [5.41, 5.74) is 0.689. The number of benzene rings is 2. The van der Waals surface area contributed by atoms with Crippen molar-refractivity contribution in [2.75, 3.05) is 33.9 Å². The van der Waals surface area contributed by atoms with Crippen molar-refractivity contribution in [2.45, 2.75) is 50.0 Å². The topological polar surface area (TPSA) is 94.2 Å². The predicted octanol–water partition coefficient (Wildman–Crippen LogP) is 3.39. The Kier molecular flexibility index (Phi) is 9.18. The van der Waals surface area contributed by atoms with Crippen LogP contribution in [0.25, 0.3) is 0 Å². The van der Waals surface area contributed by atoms with Gasteiger partial charge in [0.05, 0.1) is 25.2 Å². The van der Waals surface area contributed by atoms with Crippen LogP contribution in [0, 0.1) is 0 Å². The van der Waals surface area contributed by atoms with Crippen LogP contribution in [0.3, 0.4) is 0 Å². The van der Waals surface area contributed by atoms with E-state index in [1.807, 2.05) is 31.2 Å². The van der Waals surface area contributed by atoms with Gasteiger partial charge in [0.2, 0.25) is 15.9 Å². The zero-order valence-corrected chi connectivity index (χ0v) is 20.9. The lowest BCUT2D eigenvalue weighted by Crippen LogP contribution is -2.37. The number of rotatable bonds is 11. The molecular formula is C25H34N2O6S. The van der Waals surface area contributed by atoms with Crippen molar-refractivity contribution in [1.29, 1.82) is 0 Å². The molecule has 0 aliphatic carbocycles. The van der Waals surface area contributed by atoms with Crippen molar-refractivity contribution < 1.29 is 27.4 Å². The van der Waals surface area contributed by atoms with E-state index in [0.717, 1.165) is 19.3 Å². The minimum Gasteiger partial charge on any atom is -0.496 e. The van der Waals surface area contributed by atoms with Crippen LogP contribution in [0.5, 0.6) is 17.2 Å². The molecule has 1 saturated heterocycles. The van der Waals surface area contributed by atoms with E-state index < -0.39 is 10.0 Å². The van der Waals surface area contributed by atoms with Crippen LogP contribution in [-0.2, 0) is 21.2 Å². The lowest BCUT2D eigenvalue weighted by Gasteiger charge is -2.26. The minimum absolute atomic E-state index is 0.150. The maximum Gasteiger partial charge on any atom is 0.243 e. The number of hydrogen-bond donors (Lipinski definition) is 1. The van der Waals surface area contributed by atoms with Gasteiger partial charge >= 0.3 is 0 Å². The van der Waals surface area contributed by atoms with Crippen molar-refractivity contribution in [1.82, 2.24) is 9.62 Å². The number of hydrogen-bond acceptors (Lipinski definition) is 6. The second-order valence-electron chi connectivity index (χ2n) is 8.37. The van der Waals surface area contributed by atoms with Gasteiger partial charge in [0.1, 0.15) is 12.4 Å². The summed E-state index contributed by atoms with van der Waals surface area (Å²) in [5, 5.41) is 2.92. The SMILES string of the molecule is COc1ccc(S(=O)(=O)N2CCCCC2)cc1CCC(=O)N[C@H](C)COc1ccccc1OC. The molecule has 1 aliphatic heterocycles. The van der Waals surface area contributed by atoms with Crippen molar-refractivity contribution >= 4 is 15.9 Å². The molecule has 1 heterocycles. The number of nitrogens with zero attached hydrogens (tertiary/aromatic N) is 1. The summed E-state index contributed by atoms with van der Waals surface area (Å²) in [4.78, 5) is 12.8. The first kappa shape index (κ1) is 25.8. The Morgan fingerprint density at radius 1 is 1.00 bits per heavy atom. The Labute approximate surface area is 202 Å². The van der Waals surface area contributed by atoms with E-state index >= 15 is 0 Å². The number of carbonyl (C=O) groups is 1. The summed E-state index contributed by atoms with van der Waals surface area (Å²) in [5.74, 6) is 1.66. The van der Waals surface area contributed by atoms with Gasteiger partial charge < -0.3 is 19.5 Å². The fraction of sp³-hybridized carbons (Fsp3) is 0.480. The zero-order chi connectivity index (χ0) is 24.6. The van der Waals surface area contributed by atoms with Crippen molar-refractivity contribution in [3.8, 4) is 17.2 Å². The molecule has 186 valence electrons. The number of para-hydroxylation sites is 2. The lowest BCUT2D eigenvalue weighted by molar-refractivity contribution is -0.121. The average molecular weight is 491 g/mol. The number of carbonyl (C=O) groups excluding carboxylic acids is 1. The Morgan fingerprint density at radius 3 is 2.35 bits per heavy atom. The van der Waals surface area contributed by atoms with Gasteiger partial charge in [-0.05, 0) is 62.1 Å². The number of piperidine rings is 1. The van der Waals surface area contributed by atoms with Crippen LogP contribution in [0.1, 0.15) is 38.2 Å². The standard InChI is InChI=1S/C25H34N2O6S/c1-19(18-33-24-10-6-5-9-23(24)32-3)26-25(28)14-11-20-17-21(12-13-22(20)31-2)34(29,30)27-15-7-4-8-16-27/h5-6,9-10,12-13,17,19H,4,7-8,11,14-16,18H2,1-3H3,(H,26,28)/t19-/m1/s1. The smallest absolute Gasteiger partial charge is 0.243 e. The third-order valence-electron chi connectivity index (χ3n) is 5.79. The number of nitrogens with one attached hydrogen (secondary N) is 1. The highest BCUT2D eigenvalue weighted by Crippen LogP contribution is 2.28. The molecule has 3 rings (SSSR count). The summed E-state index contributed by atoms with van der Waals surface area (Å²) < 4.78 is 44.1. The Hall–Kier alpha value is -2.78. The Morgan fingerprint density at radius 2 is 1.68 bits per heavy atom. The summed E-state index contributed by atoms with van der Waals surface area (Å²) in [7, 11) is -0.442. The molecule has 34 heavy (non-hydrogen) atoms. The first-order valence-corrected chi connectivity index (χ1v) is 13.0. The van der Waals surface area contributed by atoms with E-state index in [4.69, 9.17) is 14.2 Å². The normalized spacial score (nSPS) is 15.4. The summed E-state index contributed by atoms with van der Waals surface area (Å²) >= 11 is 0. The maximum absolute atomic E-state index is 13.0. The highest BCUT2D eigenvalue weighted by Gasteiger charge is 2.26. The van der Waals surface area contributed by atoms with Gasteiger partial charge in [0.15, 0.2) is 11.5 Å². The summed E-state index contributed by atoms with van der Waals surface area (Å²) in [6.07, 6.45) is 3.36. The summed E-state index contributed by atoms with van der Waals surface area (Å²) in [6, 6.07) is 12.0. The average Bonchev–Trinajstić information content (AvgIpc) is 2.86. The van der Waals surface area contributed by atoms with Crippen LogP contribution in [-0.4, -0.2) is 58.6 Å². The molecule has 8 nitrogen and oxygen atoms in total. The van der Waals surface area contributed by atoms with Gasteiger partial charge in [-0.15, -0.1) is 0 Å². The van der Waals surface area contributed by atoms with Crippen molar-refractivity contribution in [3.05, 3.63) is 48.0 Å². The van der Waals surface area contributed by atoms with E-state index in [-0.39, 0.29) is 23.3 Å². The van der Waals surface area contributed by atoms with Crippen LogP contribution >= 0.6 is 0 Å².